The first-order valence-corrected chi connectivity index (χ1v) is 9.79. The van der Waals surface area contributed by atoms with E-state index in [0.29, 0.717) is 28.7 Å². The Morgan fingerprint density at radius 2 is 1.86 bits per heavy atom. The fraction of sp³-hybridized carbons (Fsp3) is 0.200. The first-order chi connectivity index (χ1) is 14.0. The Kier molecular flexibility index (Phi) is 6.99. The van der Waals surface area contributed by atoms with Crippen LogP contribution in [0.3, 0.4) is 0 Å². The number of methoxy groups -OCH3 is 1. The van der Waals surface area contributed by atoms with Crippen LogP contribution in [-0.2, 0) is 23.2 Å². The highest BCUT2D eigenvalue weighted by molar-refractivity contribution is 7.99. The van der Waals surface area contributed by atoms with Gasteiger partial charge in [-0.05, 0) is 35.9 Å². The third-order valence-electron chi connectivity index (χ3n) is 3.91. The predicted octanol–water partition coefficient (Wildman–Crippen LogP) is 2.94. The lowest BCUT2D eigenvalue weighted by Crippen LogP contribution is -2.16. The molecule has 1 heterocycles. The summed E-state index contributed by atoms with van der Waals surface area (Å²) in [7, 11) is 3.43. The smallest absolute Gasteiger partial charge is 0.255 e. The molecular formula is C20H21N5O3S. The summed E-state index contributed by atoms with van der Waals surface area (Å²) in [4.78, 5) is 24.8. The zero-order valence-electron chi connectivity index (χ0n) is 16.1. The Morgan fingerprint density at radius 3 is 2.59 bits per heavy atom. The molecule has 2 aromatic carbocycles. The van der Waals surface area contributed by atoms with Crippen molar-refractivity contribution in [3.8, 4) is 0 Å². The van der Waals surface area contributed by atoms with Crippen LogP contribution in [0.5, 0.6) is 0 Å². The summed E-state index contributed by atoms with van der Waals surface area (Å²) in [5, 5.41) is 14.0. The van der Waals surface area contributed by atoms with Crippen LogP contribution >= 0.6 is 11.8 Å². The number of anilines is 2. The van der Waals surface area contributed by atoms with E-state index in [1.54, 1.807) is 42.3 Å². The van der Waals surface area contributed by atoms with Gasteiger partial charge in [0.1, 0.15) is 6.33 Å². The van der Waals surface area contributed by atoms with Crippen LogP contribution in [0.25, 0.3) is 0 Å². The Bertz CT molecular complexity index is 1010. The molecule has 0 atom stereocenters. The largest absolute Gasteiger partial charge is 0.380 e. The van der Waals surface area contributed by atoms with E-state index in [2.05, 4.69) is 20.8 Å². The number of benzene rings is 2. The van der Waals surface area contributed by atoms with Crippen molar-refractivity contribution in [3.63, 3.8) is 0 Å². The molecule has 9 heteroatoms. The molecule has 0 saturated heterocycles. The summed E-state index contributed by atoms with van der Waals surface area (Å²) in [5.41, 5.74) is 2.64. The highest BCUT2D eigenvalue weighted by Gasteiger charge is 2.10. The maximum atomic E-state index is 12.6. The number of rotatable bonds is 8. The average Bonchev–Trinajstić information content (AvgIpc) is 3.12. The van der Waals surface area contributed by atoms with Gasteiger partial charge in [0, 0.05) is 31.1 Å². The molecule has 29 heavy (non-hydrogen) atoms. The van der Waals surface area contributed by atoms with E-state index in [-0.39, 0.29) is 17.6 Å². The van der Waals surface area contributed by atoms with E-state index in [1.807, 2.05) is 31.3 Å². The van der Waals surface area contributed by atoms with Crippen molar-refractivity contribution in [2.24, 2.45) is 7.05 Å². The molecule has 0 fully saturated rings. The third-order valence-corrected chi connectivity index (χ3v) is 4.94. The van der Waals surface area contributed by atoms with Gasteiger partial charge in [-0.3, -0.25) is 9.59 Å². The van der Waals surface area contributed by atoms with Crippen molar-refractivity contribution >= 4 is 35.0 Å². The number of aromatic nitrogens is 3. The summed E-state index contributed by atoms with van der Waals surface area (Å²) < 4.78 is 6.85. The van der Waals surface area contributed by atoms with Crippen molar-refractivity contribution in [2.75, 3.05) is 23.5 Å². The molecule has 0 spiro atoms. The van der Waals surface area contributed by atoms with Gasteiger partial charge in [0.2, 0.25) is 5.91 Å². The molecular weight excluding hydrogens is 390 g/mol. The summed E-state index contributed by atoms with van der Waals surface area (Å²) in [5.74, 6) is -0.262. The van der Waals surface area contributed by atoms with E-state index in [0.717, 1.165) is 5.56 Å². The maximum Gasteiger partial charge on any atom is 0.255 e. The molecule has 0 aliphatic carbocycles. The van der Waals surface area contributed by atoms with E-state index in [1.165, 1.54) is 11.8 Å². The van der Waals surface area contributed by atoms with Crippen molar-refractivity contribution in [1.29, 1.82) is 0 Å². The van der Waals surface area contributed by atoms with Crippen LogP contribution in [0.2, 0.25) is 0 Å². The standard InChI is InChI=1S/C20H21N5O3S/c1-25-13-21-24-20(25)29-12-18(26)22-17-8-4-6-15(10-17)19(27)23-16-7-3-5-14(9-16)11-28-2/h3-10,13H,11-12H2,1-2H3,(H,22,26)(H,23,27). The number of hydrogen-bond donors (Lipinski definition) is 2. The minimum Gasteiger partial charge on any atom is -0.380 e. The predicted molar refractivity (Wildman–Crippen MR) is 112 cm³/mol. The SMILES string of the molecule is COCc1cccc(NC(=O)c2cccc(NC(=O)CSc3nncn3C)c2)c1. The molecule has 0 unspecified atom stereocenters. The van der Waals surface area contributed by atoms with Crippen LogP contribution in [0.15, 0.2) is 60.0 Å². The van der Waals surface area contributed by atoms with Gasteiger partial charge < -0.3 is 19.9 Å². The van der Waals surface area contributed by atoms with Gasteiger partial charge in [0.05, 0.1) is 12.4 Å². The molecule has 0 bridgehead atoms. The Morgan fingerprint density at radius 1 is 1.10 bits per heavy atom. The van der Waals surface area contributed by atoms with Crippen molar-refractivity contribution < 1.29 is 14.3 Å². The highest BCUT2D eigenvalue weighted by Crippen LogP contribution is 2.17. The van der Waals surface area contributed by atoms with E-state index >= 15 is 0 Å². The number of nitrogens with one attached hydrogen (secondary N) is 2. The number of carbonyl (C=O) groups excluding carboxylic acids is 2. The monoisotopic (exact) mass is 411 g/mol. The lowest BCUT2D eigenvalue weighted by molar-refractivity contribution is -0.113. The molecule has 3 aromatic rings. The van der Waals surface area contributed by atoms with Gasteiger partial charge in [0.15, 0.2) is 5.16 Å². The van der Waals surface area contributed by atoms with Crippen LogP contribution < -0.4 is 10.6 Å². The van der Waals surface area contributed by atoms with Crippen molar-refractivity contribution in [1.82, 2.24) is 14.8 Å². The van der Waals surface area contributed by atoms with Gasteiger partial charge in [0.25, 0.3) is 5.91 Å². The fourth-order valence-corrected chi connectivity index (χ4v) is 3.27. The summed E-state index contributed by atoms with van der Waals surface area (Å²) in [6, 6.07) is 14.2. The average molecular weight is 411 g/mol. The van der Waals surface area contributed by atoms with E-state index in [4.69, 9.17) is 4.74 Å². The molecule has 0 radical (unpaired) electrons. The van der Waals surface area contributed by atoms with Gasteiger partial charge in [-0.1, -0.05) is 30.0 Å². The molecule has 0 aliphatic rings. The van der Waals surface area contributed by atoms with Crippen LogP contribution in [0, 0.1) is 0 Å². The molecule has 0 saturated carbocycles. The zero-order chi connectivity index (χ0) is 20.6. The van der Waals surface area contributed by atoms with Crippen molar-refractivity contribution in [3.05, 3.63) is 66.0 Å². The Balaban J connectivity index is 1.59. The minimum atomic E-state index is -0.260. The lowest BCUT2D eigenvalue weighted by Gasteiger charge is -2.09. The zero-order valence-corrected chi connectivity index (χ0v) is 16.9. The van der Waals surface area contributed by atoms with E-state index in [9.17, 15) is 9.59 Å². The molecule has 3 rings (SSSR count). The highest BCUT2D eigenvalue weighted by atomic mass is 32.2. The topological polar surface area (TPSA) is 98.1 Å². The quantitative estimate of drug-likeness (QED) is 0.553. The second-order valence-electron chi connectivity index (χ2n) is 6.23. The van der Waals surface area contributed by atoms with Gasteiger partial charge in [-0.2, -0.15) is 0 Å². The van der Waals surface area contributed by atoms with Crippen LogP contribution in [0.1, 0.15) is 15.9 Å². The number of amides is 2. The molecule has 0 aliphatic heterocycles. The van der Waals surface area contributed by atoms with Gasteiger partial charge in [-0.15, -0.1) is 10.2 Å². The number of nitrogens with zero attached hydrogens (tertiary/aromatic N) is 3. The lowest BCUT2D eigenvalue weighted by atomic mass is 10.1. The number of ether oxygens (including phenoxy) is 1. The second-order valence-corrected chi connectivity index (χ2v) is 7.17. The molecule has 2 N–H and O–H groups in total. The van der Waals surface area contributed by atoms with Crippen molar-refractivity contribution in [2.45, 2.75) is 11.8 Å². The summed E-state index contributed by atoms with van der Waals surface area (Å²) in [6.07, 6.45) is 1.58. The molecule has 2 amide bonds. The van der Waals surface area contributed by atoms with Gasteiger partial charge >= 0.3 is 0 Å². The molecule has 8 nitrogen and oxygen atoms in total. The number of hydrogen-bond acceptors (Lipinski definition) is 6. The Labute approximate surface area is 172 Å². The van der Waals surface area contributed by atoms with E-state index < -0.39 is 0 Å². The second kappa shape index (κ2) is 9.85. The summed E-state index contributed by atoms with van der Waals surface area (Å²) >= 11 is 1.29. The number of aryl methyl sites for hydroxylation is 1. The maximum absolute atomic E-state index is 12.6. The first kappa shape index (κ1) is 20.6. The van der Waals surface area contributed by atoms with Gasteiger partial charge in [-0.25, -0.2) is 0 Å². The summed E-state index contributed by atoms with van der Waals surface area (Å²) in [6.45, 7) is 0.470. The molecule has 1 aromatic heterocycles. The molecule has 150 valence electrons. The first-order valence-electron chi connectivity index (χ1n) is 8.81. The number of thioether (sulfide) groups is 1. The number of carbonyl (C=O) groups is 2. The third kappa shape index (κ3) is 5.90. The van der Waals surface area contributed by atoms with Crippen LogP contribution in [0.4, 0.5) is 11.4 Å². The fourth-order valence-electron chi connectivity index (χ4n) is 2.58. The normalized spacial score (nSPS) is 10.6. The minimum absolute atomic E-state index is 0.190. The van der Waals surface area contributed by atoms with Crippen LogP contribution in [-0.4, -0.2) is 39.4 Å². The Hall–Kier alpha value is -3.17.